The summed E-state index contributed by atoms with van der Waals surface area (Å²) in [6, 6.07) is 3.18. The molecule has 0 aliphatic carbocycles. The predicted octanol–water partition coefficient (Wildman–Crippen LogP) is 1.62. The van der Waals surface area contributed by atoms with E-state index in [1.165, 1.54) is 6.92 Å². The van der Waals surface area contributed by atoms with Crippen LogP contribution in [0.3, 0.4) is 0 Å². The summed E-state index contributed by atoms with van der Waals surface area (Å²) in [5.74, 6) is -0.883. The number of rotatable bonds is 7. The van der Waals surface area contributed by atoms with E-state index < -0.39 is 12.0 Å². The molecule has 0 saturated heterocycles. The van der Waals surface area contributed by atoms with Crippen molar-refractivity contribution in [3.05, 3.63) is 22.4 Å². The standard InChI is InChI=1S/C13H20N2O3S/c1-8(2)12(10-5-4-6-19-10)15-11(16)7-14-9(3)13(17)18/h4-6,8-9,12,14H,7H2,1-3H3,(H,15,16)(H,17,18)/t9-,12?/m1/s1. The zero-order valence-corrected chi connectivity index (χ0v) is 12.2. The second-order valence-corrected chi connectivity index (χ2v) is 5.72. The second-order valence-electron chi connectivity index (χ2n) is 4.75. The van der Waals surface area contributed by atoms with Gasteiger partial charge in [0.05, 0.1) is 12.6 Å². The van der Waals surface area contributed by atoms with Crippen molar-refractivity contribution in [1.29, 1.82) is 0 Å². The highest BCUT2D eigenvalue weighted by atomic mass is 32.1. The quantitative estimate of drug-likeness (QED) is 0.711. The number of carbonyl (C=O) groups is 2. The third kappa shape index (κ3) is 5.00. The molecule has 0 aliphatic heterocycles. The van der Waals surface area contributed by atoms with Crippen molar-refractivity contribution in [3.8, 4) is 0 Å². The minimum Gasteiger partial charge on any atom is -0.480 e. The van der Waals surface area contributed by atoms with E-state index in [0.717, 1.165) is 4.88 Å². The molecular weight excluding hydrogens is 264 g/mol. The Morgan fingerprint density at radius 2 is 2.05 bits per heavy atom. The summed E-state index contributed by atoms with van der Waals surface area (Å²) in [4.78, 5) is 23.6. The summed E-state index contributed by atoms with van der Waals surface area (Å²) in [6.07, 6.45) is 0. The van der Waals surface area contributed by atoms with Gasteiger partial charge >= 0.3 is 5.97 Å². The van der Waals surface area contributed by atoms with Crippen LogP contribution in [0.25, 0.3) is 0 Å². The molecule has 0 aromatic carbocycles. The average molecular weight is 284 g/mol. The van der Waals surface area contributed by atoms with Gasteiger partial charge in [0.25, 0.3) is 0 Å². The molecule has 0 bridgehead atoms. The molecule has 1 aromatic heterocycles. The van der Waals surface area contributed by atoms with Crippen LogP contribution in [-0.4, -0.2) is 29.6 Å². The maximum Gasteiger partial charge on any atom is 0.320 e. The molecule has 19 heavy (non-hydrogen) atoms. The van der Waals surface area contributed by atoms with E-state index in [1.54, 1.807) is 11.3 Å². The van der Waals surface area contributed by atoms with Gasteiger partial charge in [-0.1, -0.05) is 19.9 Å². The highest BCUT2D eigenvalue weighted by molar-refractivity contribution is 7.10. The van der Waals surface area contributed by atoms with E-state index in [0.29, 0.717) is 0 Å². The van der Waals surface area contributed by atoms with Crippen LogP contribution in [0.15, 0.2) is 17.5 Å². The molecule has 1 heterocycles. The van der Waals surface area contributed by atoms with Gasteiger partial charge in [-0.25, -0.2) is 0 Å². The predicted molar refractivity (Wildman–Crippen MR) is 75.1 cm³/mol. The van der Waals surface area contributed by atoms with Crippen LogP contribution in [0.5, 0.6) is 0 Å². The van der Waals surface area contributed by atoms with Gasteiger partial charge in [-0.05, 0) is 24.3 Å². The lowest BCUT2D eigenvalue weighted by Crippen LogP contribution is -2.43. The van der Waals surface area contributed by atoms with Crippen molar-refractivity contribution in [2.45, 2.75) is 32.9 Å². The second kappa shape index (κ2) is 7.25. The van der Waals surface area contributed by atoms with Gasteiger partial charge in [0.15, 0.2) is 0 Å². The zero-order valence-electron chi connectivity index (χ0n) is 11.3. The first kappa shape index (κ1) is 15.7. The lowest BCUT2D eigenvalue weighted by molar-refractivity contribution is -0.139. The summed E-state index contributed by atoms with van der Waals surface area (Å²) in [7, 11) is 0. The van der Waals surface area contributed by atoms with Gasteiger partial charge in [0.2, 0.25) is 5.91 Å². The largest absolute Gasteiger partial charge is 0.480 e. The summed E-state index contributed by atoms with van der Waals surface area (Å²) >= 11 is 1.60. The Labute approximate surface area is 117 Å². The number of thiophene rings is 1. The maximum absolute atomic E-state index is 11.8. The van der Waals surface area contributed by atoms with Crippen molar-refractivity contribution in [2.24, 2.45) is 5.92 Å². The Balaban J connectivity index is 2.51. The molecule has 5 nitrogen and oxygen atoms in total. The minimum absolute atomic E-state index is 0.00205. The molecule has 0 fully saturated rings. The number of aliphatic carboxylic acids is 1. The van der Waals surface area contributed by atoms with Crippen molar-refractivity contribution in [3.63, 3.8) is 0 Å². The molecule has 1 amide bonds. The molecule has 0 radical (unpaired) electrons. The van der Waals surface area contributed by atoms with Crippen LogP contribution >= 0.6 is 11.3 Å². The summed E-state index contributed by atoms with van der Waals surface area (Å²) in [5, 5.41) is 16.3. The normalized spacial score (nSPS) is 14.1. The first-order valence-electron chi connectivity index (χ1n) is 6.20. The number of hydrogen-bond donors (Lipinski definition) is 3. The van der Waals surface area contributed by atoms with Gasteiger partial charge in [-0.3, -0.25) is 14.9 Å². The number of carboxylic acids is 1. The topological polar surface area (TPSA) is 78.4 Å². The molecule has 106 valence electrons. The summed E-state index contributed by atoms with van der Waals surface area (Å²) in [6.45, 7) is 5.59. The highest BCUT2D eigenvalue weighted by Gasteiger charge is 2.20. The van der Waals surface area contributed by atoms with E-state index in [9.17, 15) is 9.59 Å². The van der Waals surface area contributed by atoms with Crippen LogP contribution in [0, 0.1) is 5.92 Å². The fourth-order valence-corrected chi connectivity index (χ4v) is 2.54. The molecule has 0 spiro atoms. The smallest absolute Gasteiger partial charge is 0.320 e. The first-order chi connectivity index (χ1) is 8.91. The Morgan fingerprint density at radius 3 is 2.53 bits per heavy atom. The SMILES string of the molecule is CC(C)C(NC(=O)CN[C@H](C)C(=O)O)c1cccs1. The number of carbonyl (C=O) groups excluding carboxylic acids is 1. The van der Waals surface area contributed by atoms with E-state index >= 15 is 0 Å². The van der Waals surface area contributed by atoms with Crippen LogP contribution in [0.4, 0.5) is 0 Å². The van der Waals surface area contributed by atoms with Gasteiger partial charge in [0, 0.05) is 4.88 Å². The molecule has 2 atom stereocenters. The number of carboxylic acid groups (broad SMARTS) is 1. The summed E-state index contributed by atoms with van der Waals surface area (Å²) in [5.41, 5.74) is 0. The van der Waals surface area contributed by atoms with Crippen LogP contribution in [-0.2, 0) is 9.59 Å². The average Bonchev–Trinajstić information content (AvgIpc) is 2.85. The molecule has 3 N–H and O–H groups in total. The number of nitrogens with one attached hydrogen (secondary N) is 2. The molecule has 1 unspecified atom stereocenters. The minimum atomic E-state index is -0.966. The van der Waals surface area contributed by atoms with Crippen molar-refractivity contribution >= 4 is 23.2 Å². The van der Waals surface area contributed by atoms with Gasteiger partial charge in [-0.2, -0.15) is 0 Å². The van der Waals surface area contributed by atoms with Gasteiger partial charge in [-0.15, -0.1) is 11.3 Å². The van der Waals surface area contributed by atoms with Gasteiger partial charge < -0.3 is 10.4 Å². The molecule has 1 aromatic rings. The number of hydrogen-bond acceptors (Lipinski definition) is 4. The van der Waals surface area contributed by atoms with E-state index in [4.69, 9.17) is 5.11 Å². The third-order valence-corrected chi connectivity index (χ3v) is 3.73. The first-order valence-corrected chi connectivity index (χ1v) is 7.08. The van der Waals surface area contributed by atoms with Gasteiger partial charge in [0.1, 0.15) is 6.04 Å². The lowest BCUT2D eigenvalue weighted by Gasteiger charge is -2.21. The Bertz CT molecular complexity index is 418. The molecule has 6 heteroatoms. The number of amides is 1. The Hall–Kier alpha value is -1.40. The summed E-state index contributed by atoms with van der Waals surface area (Å²) < 4.78 is 0. The van der Waals surface area contributed by atoms with E-state index in [1.807, 2.05) is 31.4 Å². The molecular formula is C13H20N2O3S. The van der Waals surface area contributed by atoms with Crippen LogP contribution in [0.2, 0.25) is 0 Å². The fraction of sp³-hybridized carbons (Fsp3) is 0.538. The van der Waals surface area contributed by atoms with Crippen molar-refractivity contribution < 1.29 is 14.7 Å². The third-order valence-electron chi connectivity index (χ3n) is 2.77. The molecule has 0 aliphatic rings. The van der Waals surface area contributed by atoms with Crippen molar-refractivity contribution in [2.75, 3.05) is 6.54 Å². The van der Waals surface area contributed by atoms with Crippen LogP contribution in [0.1, 0.15) is 31.7 Å². The zero-order chi connectivity index (χ0) is 14.4. The van der Waals surface area contributed by atoms with E-state index in [2.05, 4.69) is 10.6 Å². The maximum atomic E-state index is 11.8. The lowest BCUT2D eigenvalue weighted by atomic mass is 10.0. The Morgan fingerprint density at radius 1 is 1.37 bits per heavy atom. The fourth-order valence-electron chi connectivity index (χ4n) is 1.59. The van der Waals surface area contributed by atoms with Crippen LogP contribution < -0.4 is 10.6 Å². The van der Waals surface area contributed by atoms with E-state index in [-0.39, 0.29) is 24.4 Å². The monoisotopic (exact) mass is 284 g/mol. The Kier molecular flexibility index (Phi) is 5.98. The van der Waals surface area contributed by atoms with Crippen molar-refractivity contribution in [1.82, 2.24) is 10.6 Å². The molecule has 1 rings (SSSR count). The molecule has 0 saturated carbocycles. The highest BCUT2D eigenvalue weighted by Crippen LogP contribution is 2.25.